The highest BCUT2D eigenvalue weighted by molar-refractivity contribution is 5.93. The highest BCUT2D eigenvalue weighted by Gasteiger charge is 2.63. The van der Waals surface area contributed by atoms with Crippen molar-refractivity contribution in [3.63, 3.8) is 0 Å². The Morgan fingerprint density at radius 2 is 2.03 bits per heavy atom. The highest BCUT2D eigenvalue weighted by atomic mass is 16.5. The Morgan fingerprint density at radius 1 is 1.20 bits per heavy atom. The molecule has 2 aromatic heterocycles. The summed E-state index contributed by atoms with van der Waals surface area (Å²) < 4.78 is 7.12. The Balaban J connectivity index is 1.26. The van der Waals surface area contributed by atoms with Crippen LogP contribution in [0.3, 0.4) is 0 Å². The molecule has 2 N–H and O–H groups in total. The van der Waals surface area contributed by atoms with E-state index >= 15 is 0 Å². The number of aromatic nitrogens is 2. The molecule has 0 bridgehead atoms. The number of aliphatic carboxylic acids is 1. The Bertz CT molecular complexity index is 1040. The third kappa shape index (κ3) is 2.71. The Labute approximate surface area is 174 Å². The average molecular weight is 409 g/mol. The molecule has 4 atom stereocenters. The van der Waals surface area contributed by atoms with Crippen molar-refractivity contribution >= 4 is 17.5 Å². The summed E-state index contributed by atoms with van der Waals surface area (Å²) in [6, 6.07) is 5.41. The first-order chi connectivity index (χ1) is 14.5. The molecular formula is C23H27N3O4. The zero-order valence-electron chi connectivity index (χ0n) is 17.0. The molecule has 7 heteroatoms. The van der Waals surface area contributed by atoms with Crippen LogP contribution < -0.4 is 5.32 Å². The first-order valence-corrected chi connectivity index (χ1v) is 11.1. The van der Waals surface area contributed by atoms with Crippen LogP contribution in [0.4, 0.5) is 0 Å². The number of rotatable bonds is 5. The molecule has 4 fully saturated rings. The van der Waals surface area contributed by atoms with Gasteiger partial charge in [-0.25, -0.2) is 4.98 Å². The van der Waals surface area contributed by atoms with Crippen molar-refractivity contribution in [2.24, 2.45) is 23.2 Å². The number of fused-ring (bicyclic) bond motifs is 3. The first-order valence-electron chi connectivity index (χ1n) is 11.1. The minimum atomic E-state index is -1.05. The molecule has 1 amide bonds. The summed E-state index contributed by atoms with van der Waals surface area (Å²) in [5.74, 6) is 1.66. The summed E-state index contributed by atoms with van der Waals surface area (Å²) in [4.78, 5) is 29.8. The second kappa shape index (κ2) is 6.30. The molecule has 2 aromatic rings. The second-order valence-corrected chi connectivity index (χ2v) is 9.91. The van der Waals surface area contributed by atoms with E-state index in [0.717, 1.165) is 24.3 Å². The monoisotopic (exact) mass is 409 g/mol. The van der Waals surface area contributed by atoms with Crippen LogP contribution in [0.2, 0.25) is 0 Å². The molecule has 158 valence electrons. The number of imidazole rings is 1. The molecule has 0 spiro atoms. The smallest absolute Gasteiger partial charge is 0.315 e. The molecular weight excluding hydrogens is 382 g/mol. The number of amides is 1. The van der Waals surface area contributed by atoms with E-state index in [1.807, 2.05) is 12.1 Å². The molecule has 3 saturated carbocycles. The van der Waals surface area contributed by atoms with E-state index in [4.69, 9.17) is 4.74 Å². The fraction of sp³-hybridized carbons (Fsp3) is 0.609. The summed E-state index contributed by atoms with van der Waals surface area (Å²) in [6.07, 6.45) is 7.77. The van der Waals surface area contributed by atoms with Crippen molar-refractivity contribution < 1.29 is 19.4 Å². The van der Waals surface area contributed by atoms with Gasteiger partial charge in [-0.1, -0.05) is 6.07 Å². The zero-order chi connectivity index (χ0) is 20.5. The minimum Gasteiger partial charge on any atom is -0.481 e. The number of pyridine rings is 1. The molecule has 0 radical (unpaired) electrons. The van der Waals surface area contributed by atoms with Gasteiger partial charge in [-0.3, -0.25) is 14.0 Å². The highest BCUT2D eigenvalue weighted by Crippen LogP contribution is 2.70. The van der Waals surface area contributed by atoms with Gasteiger partial charge in [0.15, 0.2) is 0 Å². The summed E-state index contributed by atoms with van der Waals surface area (Å²) in [5.41, 5.74) is 0.891. The lowest BCUT2D eigenvalue weighted by Crippen LogP contribution is -2.41. The van der Waals surface area contributed by atoms with E-state index in [0.29, 0.717) is 48.5 Å². The van der Waals surface area contributed by atoms with Crippen molar-refractivity contribution in [1.29, 1.82) is 0 Å². The molecule has 4 unspecified atom stereocenters. The van der Waals surface area contributed by atoms with Crippen LogP contribution in [-0.2, 0) is 14.9 Å². The van der Waals surface area contributed by atoms with Gasteiger partial charge in [0.05, 0.1) is 5.69 Å². The molecule has 3 heterocycles. The van der Waals surface area contributed by atoms with Gasteiger partial charge in [0.2, 0.25) is 0 Å². The first kappa shape index (κ1) is 18.4. The molecule has 6 rings (SSSR count). The number of nitrogens with zero attached hydrogens (tertiary/aromatic N) is 2. The van der Waals surface area contributed by atoms with E-state index in [-0.39, 0.29) is 5.91 Å². The predicted octanol–water partition coefficient (Wildman–Crippen LogP) is 2.63. The Hall–Kier alpha value is -2.41. The third-order valence-electron chi connectivity index (χ3n) is 8.26. The molecule has 0 aromatic carbocycles. The van der Waals surface area contributed by atoms with Gasteiger partial charge in [-0.2, -0.15) is 0 Å². The number of carboxylic acids is 1. The van der Waals surface area contributed by atoms with Gasteiger partial charge in [0.1, 0.15) is 16.8 Å². The molecule has 1 aliphatic heterocycles. The normalized spacial score (nSPS) is 33.4. The van der Waals surface area contributed by atoms with Crippen LogP contribution in [0.1, 0.15) is 54.7 Å². The van der Waals surface area contributed by atoms with E-state index in [9.17, 15) is 14.7 Å². The van der Waals surface area contributed by atoms with Crippen molar-refractivity contribution in [2.75, 3.05) is 19.8 Å². The van der Waals surface area contributed by atoms with Gasteiger partial charge in [-0.15, -0.1) is 0 Å². The van der Waals surface area contributed by atoms with E-state index < -0.39 is 11.4 Å². The van der Waals surface area contributed by atoms with E-state index in [1.165, 1.54) is 25.7 Å². The van der Waals surface area contributed by atoms with Gasteiger partial charge in [-0.05, 0) is 73.8 Å². The lowest BCUT2D eigenvalue weighted by molar-refractivity contribution is -0.148. The zero-order valence-corrected chi connectivity index (χ0v) is 17.0. The standard InChI is InChI=1S/C23H27N3O4/c27-20(24-13-22-10-15-8-14(15)9-16(22)11-22)17-2-1-3-19-25-18(12-26(17)19)23(21(28)29)4-6-30-7-5-23/h1-3,12,14-16H,4-11,13H2,(H,24,27)(H,28,29). The van der Waals surface area contributed by atoms with Crippen LogP contribution in [0.15, 0.2) is 24.4 Å². The molecule has 4 aliphatic rings. The van der Waals surface area contributed by atoms with Crippen LogP contribution >= 0.6 is 0 Å². The fourth-order valence-electron chi connectivity index (χ4n) is 6.11. The summed E-state index contributed by atoms with van der Waals surface area (Å²) in [7, 11) is 0. The minimum absolute atomic E-state index is 0.112. The number of nitrogens with one attached hydrogen (secondary N) is 1. The topological polar surface area (TPSA) is 92.9 Å². The van der Waals surface area contributed by atoms with Crippen molar-refractivity contribution in [1.82, 2.24) is 14.7 Å². The maximum atomic E-state index is 13.1. The molecule has 1 saturated heterocycles. The van der Waals surface area contributed by atoms with Crippen molar-refractivity contribution in [2.45, 2.75) is 43.9 Å². The molecule has 3 aliphatic carbocycles. The predicted molar refractivity (Wildman–Crippen MR) is 108 cm³/mol. The SMILES string of the molecule is O=C(NCC12CC3CC3CC1C2)c1cccc2nc(C3(C(=O)O)CCOCC3)cn12. The molecule has 7 nitrogen and oxygen atoms in total. The number of carbonyl (C=O) groups excluding carboxylic acids is 1. The van der Waals surface area contributed by atoms with Crippen molar-refractivity contribution in [3.05, 3.63) is 35.8 Å². The van der Waals surface area contributed by atoms with Gasteiger partial charge < -0.3 is 15.2 Å². The number of carboxylic acid groups (broad SMARTS) is 1. The van der Waals surface area contributed by atoms with E-state index in [2.05, 4.69) is 10.3 Å². The fourth-order valence-corrected chi connectivity index (χ4v) is 6.11. The second-order valence-electron chi connectivity index (χ2n) is 9.91. The average Bonchev–Trinajstić information content (AvgIpc) is 3.61. The Kier molecular flexibility index (Phi) is 3.85. The van der Waals surface area contributed by atoms with Crippen LogP contribution in [0.5, 0.6) is 0 Å². The van der Waals surface area contributed by atoms with Crippen molar-refractivity contribution in [3.8, 4) is 0 Å². The lowest BCUT2D eigenvalue weighted by Gasteiger charge is -2.31. The maximum absolute atomic E-state index is 13.1. The van der Waals surface area contributed by atoms with Crippen LogP contribution in [-0.4, -0.2) is 46.1 Å². The maximum Gasteiger partial charge on any atom is 0.315 e. The summed E-state index contributed by atoms with van der Waals surface area (Å²) >= 11 is 0. The lowest BCUT2D eigenvalue weighted by atomic mass is 9.77. The van der Waals surface area contributed by atoms with Gasteiger partial charge >= 0.3 is 5.97 Å². The number of hydrogen-bond donors (Lipinski definition) is 2. The van der Waals surface area contributed by atoms with Gasteiger partial charge in [0, 0.05) is 26.0 Å². The van der Waals surface area contributed by atoms with Crippen LogP contribution in [0, 0.1) is 23.2 Å². The number of ether oxygens (including phenoxy) is 1. The number of hydrogen-bond acceptors (Lipinski definition) is 4. The van der Waals surface area contributed by atoms with Crippen LogP contribution in [0.25, 0.3) is 5.65 Å². The summed E-state index contributed by atoms with van der Waals surface area (Å²) in [5, 5.41) is 13.1. The Morgan fingerprint density at radius 3 is 2.83 bits per heavy atom. The quantitative estimate of drug-likeness (QED) is 0.792. The largest absolute Gasteiger partial charge is 0.481 e. The van der Waals surface area contributed by atoms with E-state index in [1.54, 1.807) is 16.7 Å². The van der Waals surface area contributed by atoms with Gasteiger partial charge in [0.25, 0.3) is 5.91 Å². The third-order valence-corrected chi connectivity index (χ3v) is 8.26. The molecule has 30 heavy (non-hydrogen) atoms. The summed E-state index contributed by atoms with van der Waals surface area (Å²) in [6.45, 7) is 1.55. The number of carbonyl (C=O) groups is 2.